The van der Waals surface area contributed by atoms with Gasteiger partial charge >= 0.3 is 6.03 Å². The third-order valence-electron chi connectivity index (χ3n) is 3.65. The van der Waals surface area contributed by atoms with Crippen LogP contribution in [0.25, 0.3) is 0 Å². The number of carbonyl (C=O) groups excluding carboxylic acids is 1. The zero-order chi connectivity index (χ0) is 17.2. The van der Waals surface area contributed by atoms with Crippen molar-refractivity contribution in [2.75, 3.05) is 0 Å². The monoisotopic (exact) mass is 318 g/mol. The fourth-order valence-corrected chi connectivity index (χ4v) is 2.31. The Morgan fingerprint density at radius 2 is 2.04 bits per heavy atom. The molecule has 126 valence electrons. The smallest absolute Gasteiger partial charge is 0.315 e. The molecule has 2 N–H and O–H groups in total. The minimum Gasteiger partial charge on any atom is -0.334 e. The molecule has 0 aliphatic carbocycles. The maximum atomic E-state index is 12.0. The van der Waals surface area contributed by atoms with Crippen LogP contribution in [0.1, 0.15) is 50.6 Å². The SMILES string of the molecule is Cc1nn(C(C)(C)C)cc1C(C)NC(=O)NCc1cnn(C)c1. The highest BCUT2D eigenvalue weighted by Gasteiger charge is 2.20. The van der Waals surface area contributed by atoms with Crippen molar-refractivity contribution < 1.29 is 4.79 Å². The number of hydrogen-bond acceptors (Lipinski definition) is 3. The lowest BCUT2D eigenvalue weighted by molar-refractivity contribution is 0.237. The molecule has 1 unspecified atom stereocenters. The Morgan fingerprint density at radius 1 is 1.35 bits per heavy atom. The summed E-state index contributed by atoms with van der Waals surface area (Å²) in [6.45, 7) is 10.7. The van der Waals surface area contributed by atoms with Crippen molar-refractivity contribution in [1.29, 1.82) is 0 Å². The van der Waals surface area contributed by atoms with Crippen LogP contribution < -0.4 is 10.6 Å². The molecular weight excluding hydrogens is 292 g/mol. The standard InChI is InChI=1S/C16H26N6O/c1-11(14-10-22(16(3,4)5)20-12(14)2)19-15(23)17-7-13-8-18-21(6)9-13/h8-11H,7H2,1-6H3,(H2,17,19,23). The summed E-state index contributed by atoms with van der Waals surface area (Å²) < 4.78 is 3.64. The van der Waals surface area contributed by atoms with Gasteiger partial charge in [-0.2, -0.15) is 10.2 Å². The van der Waals surface area contributed by atoms with Crippen molar-refractivity contribution in [3.63, 3.8) is 0 Å². The number of rotatable bonds is 4. The van der Waals surface area contributed by atoms with Crippen LogP contribution in [0.3, 0.4) is 0 Å². The van der Waals surface area contributed by atoms with Crippen molar-refractivity contribution >= 4 is 6.03 Å². The summed E-state index contributed by atoms with van der Waals surface area (Å²) in [5.41, 5.74) is 2.84. The Kier molecular flexibility index (Phi) is 4.77. The first kappa shape index (κ1) is 17.1. The van der Waals surface area contributed by atoms with Crippen molar-refractivity contribution in [2.24, 2.45) is 7.05 Å². The predicted octanol–water partition coefficient (Wildman–Crippen LogP) is 2.24. The van der Waals surface area contributed by atoms with Crippen LogP contribution in [0.5, 0.6) is 0 Å². The first-order valence-corrected chi connectivity index (χ1v) is 7.75. The quantitative estimate of drug-likeness (QED) is 0.907. The van der Waals surface area contributed by atoms with Gasteiger partial charge in [-0.15, -0.1) is 0 Å². The van der Waals surface area contributed by atoms with E-state index in [1.54, 1.807) is 10.9 Å². The summed E-state index contributed by atoms with van der Waals surface area (Å²) in [4.78, 5) is 12.0. The van der Waals surface area contributed by atoms with Crippen LogP contribution in [0.15, 0.2) is 18.6 Å². The summed E-state index contributed by atoms with van der Waals surface area (Å²) in [6.07, 6.45) is 5.61. The second-order valence-electron chi connectivity index (χ2n) is 6.86. The maximum Gasteiger partial charge on any atom is 0.315 e. The third kappa shape index (κ3) is 4.34. The molecule has 0 aliphatic rings. The molecule has 0 spiro atoms. The highest BCUT2D eigenvalue weighted by Crippen LogP contribution is 2.20. The van der Waals surface area contributed by atoms with E-state index < -0.39 is 0 Å². The van der Waals surface area contributed by atoms with Crippen LogP contribution in [0.2, 0.25) is 0 Å². The number of nitrogens with one attached hydrogen (secondary N) is 2. The first-order valence-electron chi connectivity index (χ1n) is 7.75. The molecule has 2 aromatic heterocycles. The number of amides is 2. The lowest BCUT2D eigenvalue weighted by Gasteiger charge is -2.19. The second kappa shape index (κ2) is 6.44. The zero-order valence-corrected chi connectivity index (χ0v) is 14.7. The highest BCUT2D eigenvalue weighted by atomic mass is 16.2. The fourth-order valence-electron chi connectivity index (χ4n) is 2.31. The molecule has 0 saturated heterocycles. The molecule has 23 heavy (non-hydrogen) atoms. The Balaban J connectivity index is 1.94. The third-order valence-corrected chi connectivity index (χ3v) is 3.65. The van der Waals surface area contributed by atoms with Gasteiger partial charge in [0, 0.05) is 37.1 Å². The summed E-state index contributed by atoms with van der Waals surface area (Å²) in [7, 11) is 1.85. The number of carbonyl (C=O) groups is 1. The number of hydrogen-bond donors (Lipinski definition) is 2. The van der Waals surface area contributed by atoms with Crippen molar-refractivity contribution in [2.45, 2.75) is 52.7 Å². The van der Waals surface area contributed by atoms with Gasteiger partial charge in [-0.3, -0.25) is 9.36 Å². The van der Waals surface area contributed by atoms with Gasteiger partial charge in [-0.25, -0.2) is 4.79 Å². The van der Waals surface area contributed by atoms with E-state index in [2.05, 4.69) is 41.6 Å². The van der Waals surface area contributed by atoms with E-state index in [1.165, 1.54) is 0 Å². The average molecular weight is 318 g/mol. The molecule has 0 aliphatic heterocycles. The largest absolute Gasteiger partial charge is 0.334 e. The normalized spacial score (nSPS) is 13.0. The molecule has 7 heteroatoms. The van der Waals surface area contributed by atoms with Gasteiger partial charge in [0.2, 0.25) is 0 Å². The molecule has 2 aromatic rings. The van der Waals surface area contributed by atoms with E-state index in [1.807, 2.05) is 38.0 Å². The van der Waals surface area contributed by atoms with Gasteiger partial charge in [0.05, 0.1) is 23.5 Å². The van der Waals surface area contributed by atoms with E-state index in [-0.39, 0.29) is 17.6 Å². The number of aromatic nitrogens is 4. The molecule has 0 aromatic carbocycles. The van der Waals surface area contributed by atoms with Gasteiger partial charge in [0.1, 0.15) is 0 Å². The lowest BCUT2D eigenvalue weighted by atomic mass is 10.1. The Hall–Kier alpha value is -2.31. The minimum atomic E-state index is -0.204. The predicted molar refractivity (Wildman–Crippen MR) is 89.0 cm³/mol. The molecule has 2 heterocycles. The molecule has 0 fully saturated rings. The average Bonchev–Trinajstić information content (AvgIpc) is 3.02. The zero-order valence-electron chi connectivity index (χ0n) is 14.7. The molecule has 0 saturated carbocycles. The van der Waals surface area contributed by atoms with Gasteiger partial charge in [0.25, 0.3) is 0 Å². The van der Waals surface area contributed by atoms with E-state index in [0.717, 1.165) is 16.8 Å². The van der Waals surface area contributed by atoms with Crippen LogP contribution >= 0.6 is 0 Å². The van der Waals surface area contributed by atoms with E-state index in [9.17, 15) is 4.79 Å². The Bertz CT molecular complexity index is 679. The van der Waals surface area contributed by atoms with E-state index >= 15 is 0 Å². The summed E-state index contributed by atoms with van der Waals surface area (Å²) >= 11 is 0. The summed E-state index contributed by atoms with van der Waals surface area (Å²) in [5, 5.41) is 14.4. The molecule has 2 rings (SSSR count). The minimum absolute atomic E-state index is 0.0781. The molecule has 0 bridgehead atoms. The molecule has 7 nitrogen and oxygen atoms in total. The number of urea groups is 1. The topological polar surface area (TPSA) is 76.8 Å². The van der Waals surface area contributed by atoms with Crippen LogP contribution in [-0.2, 0) is 19.1 Å². The highest BCUT2D eigenvalue weighted by molar-refractivity contribution is 5.74. The summed E-state index contributed by atoms with van der Waals surface area (Å²) in [5.74, 6) is 0. The van der Waals surface area contributed by atoms with Crippen LogP contribution in [-0.4, -0.2) is 25.6 Å². The number of nitrogens with zero attached hydrogens (tertiary/aromatic N) is 4. The summed E-state index contributed by atoms with van der Waals surface area (Å²) in [6, 6.07) is -0.315. The number of aryl methyl sites for hydroxylation is 2. The van der Waals surface area contributed by atoms with Crippen molar-refractivity contribution in [1.82, 2.24) is 30.2 Å². The van der Waals surface area contributed by atoms with Gasteiger partial charge in [-0.05, 0) is 34.6 Å². The van der Waals surface area contributed by atoms with Gasteiger partial charge < -0.3 is 10.6 Å². The van der Waals surface area contributed by atoms with E-state index in [0.29, 0.717) is 6.54 Å². The first-order chi connectivity index (χ1) is 10.7. The van der Waals surface area contributed by atoms with Gasteiger partial charge in [-0.1, -0.05) is 0 Å². The molecular formula is C16H26N6O. The Morgan fingerprint density at radius 3 is 2.57 bits per heavy atom. The van der Waals surface area contributed by atoms with Gasteiger partial charge in [0.15, 0.2) is 0 Å². The van der Waals surface area contributed by atoms with Crippen molar-refractivity contribution in [3.8, 4) is 0 Å². The Labute approximate surface area is 137 Å². The van der Waals surface area contributed by atoms with Crippen LogP contribution in [0, 0.1) is 6.92 Å². The van der Waals surface area contributed by atoms with Crippen molar-refractivity contribution in [3.05, 3.63) is 35.4 Å². The lowest BCUT2D eigenvalue weighted by Crippen LogP contribution is -2.36. The maximum absolute atomic E-state index is 12.0. The van der Waals surface area contributed by atoms with Crippen LogP contribution in [0.4, 0.5) is 4.79 Å². The van der Waals surface area contributed by atoms with E-state index in [4.69, 9.17) is 0 Å². The molecule has 1 atom stereocenters. The molecule has 2 amide bonds. The fraction of sp³-hybridized carbons (Fsp3) is 0.562. The second-order valence-corrected chi connectivity index (χ2v) is 6.86. The molecule has 0 radical (unpaired) electrons.